The van der Waals surface area contributed by atoms with Gasteiger partial charge in [0.25, 0.3) is 0 Å². The first-order valence-electron chi connectivity index (χ1n) is 9.83. The van der Waals surface area contributed by atoms with E-state index in [-0.39, 0.29) is 23.7 Å². The predicted molar refractivity (Wildman–Crippen MR) is 115 cm³/mol. The highest BCUT2D eigenvalue weighted by atomic mass is 16.5. The van der Waals surface area contributed by atoms with Crippen LogP contribution >= 0.6 is 0 Å². The number of carbonyl (C=O) groups excluding carboxylic acids is 2. The third-order valence-electron chi connectivity index (χ3n) is 5.45. The Balaban J connectivity index is 1.76. The van der Waals surface area contributed by atoms with Gasteiger partial charge in [0, 0.05) is 17.5 Å². The van der Waals surface area contributed by atoms with Gasteiger partial charge in [0.15, 0.2) is 17.3 Å². The van der Waals surface area contributed by atoms with Gasteiger partial charge in [-0.2, -0.15) is 5.10 Å². The maximum Gasteiger partial charge on any atom is 0.335 e. The summed E-state index contributed by atoms with van der Waals surface area (Å²) in [5, 5.41) is 16.4. The van der Waals surface area contributed by atoms with Gasteiger partial charge in [-0.15, -0.1) is 0 Å². The molecule has 0 bridgehead atoms. The average Bonchev–Trinajstić information content (AvgIpc) is 3.13. The van der Waals surface area contributed by atoms with E-state index in [0.717, 1.165) is 0 Å². The van der Waals surface area contributed by atoms with Crippen molar-refractivity contribution in [3.05, 3.63) is 64.8 Å². The molecule has 1 aromatic heterocycles. The van der Waals surface area contributed by atoms with Crippen molar-refractivity contribution in [2.75, 3.05) is 19.5 Å². The summed E-state index contributed by atoms with van der Waals surface area (Å²) in [6.07, 6.45) is -0.00926. The van der Waals surface area contributed by atoms with Crippen LogP contribution in [-0.2, 0) is 4.79 Å². The summed E-state index contributed by atoms with van der Waals surface area (Å²) in [6, 6.07) is 11.0. The number of aromatic nitrogens is 2. The summed E-state index contributed by atoms with van der Waals surface area (Å²) in [7, 11) is 3.00. The number of Topliss-reactive ketones (excluding diaryl/α,β-unsaturated/α-hetero) is 1. The highest BCUT2D eigenvalue weighted by molar-refractivity contribution is 6.08. The number of ether oxygens (including phenoxy) is 2. The first kappa shape index (κ1) is 21.1. The maximum absolute atomic E-state index is 13.4. The van der Waals surface area contributed by atoms with Crippen molar-refractivity contribution in [1.29, 1.82) is 0 Å². The van der Waals surface area contributed by atoms with Gasteiger partial charge >= 0.3 is 5.97 Å². The smallest absolute Gasteiger partial charge is 0.335 e. The van der Waals surface area contributed by atoms with Gasteiger partial charge in [-0.1, -0.05) is 0 Å². The number of nitrogens with one attached hydrogen (secondary N) is 1. The standard InChI is InChI=1S/C23H21N3O6/c1-12-20-16(21(28)14-6-9-17(31-2)18(10-14)32-3)11-19(27)24-22(20)26(25-12)15-7-4-13(5-8-15)23(29)30/h4-10,16H,11H2,1-3H3,(H,24,27)(H,29,30). The van der Waals surface area contributed by atoms with Crippen LogP contribution in [0, 0.1) is 6.92 Å². The number of hydrogen-bond acceptors (Lipinski definition) is 6. The minimum absolute atomic E-state index is 0.00926. The van der Waals surface area contributed by atoms with Gasteiger partial charge in [-0.05, 0) is 49.4 Å². The first-order chi connectivity index (χ1) is 15.3. The molecule has 2 aromatic carbocycles. The predicted octanol–water partition coefficient (Wildman–Crippen LogP) is 3.20. The number of fused-ring (bicyclic) bond motifs is 1. The fourth-order valence-electron chi connectivity index (χ4n) is 3.89. The van der Waals surface area contributed by atoms with Crippen LogP contribution in [-0.4, -0.2) is 46.8 Å². The third-order valence-corrected chi connectivity index (χ3v) is 5.45. The van der Waals surface area contributed by atoms with Crippen LogP contribution in [0.25, 0.3) is 5.69 Å². The molecule has 0 radical (unpaired) electrons. The summed E-state index contributed by atoms with van der Waals surface area (Å²) >= 11 is 0. The Labute approximate surface area is 183 Å². The molecule has 9 heteroatoms. The van der Waals surface area contributed by atoms with Gasteiger partial charge in [0.2, 0.25) is 5.91 Å². The molecule has 0 aliphatic carbocycles. The minimum Gasteiger partial charge on any atom is -0.493 e. The molecular formula is C23H21N3O6. The largest absolute Gasteiger partial charge is 0.493 e. The molecule has 1 amide bonds. The molecule has 1 aliphatic heterocycles. The van der Waals surface area contributed by atoms with Crippen molar-refractivity contribution in [3.8, 4) is 17.2 Å². The molecular weight excluding hydrogens is 414 g/mol. The average molecular weight is 435 g/mol. The zero-order valence-electron chi connectivity index (χ0n) is 17.7. The van der Waals surface area contributed by atoms with Crippen LogP contribution < -0.4 is 14.8 Å². The zero-order chi connectivity index (χ0) is 23.0. The number of carboxylic acid groups (broad SMARTS) is 1. The fraction of sp³-hybridized carbons (Fsp3) is 0.217. The lowest BCUT2D eigenvalue weighted by atomic mass is 9.85. The summed E-state index contributed by atoms with van der Waals surface area (Å²) in [5.41, 5.74) is 2.33. The van der Waals surface area contributed by atoms with E-state index in [1.165, 1.54) is 31.0 Å². The molecule has 2 heterocycles. The molecule has 1 atom stereocenters. The number of aromatic carboxylic acids is 1. The summed E-state index contributed by atoms with van der Waals surface area (Å²) in [4.78, 5) is 37.1. The highest BCUT2D eigenvalue weighted by Crippen LogP contribution is 2.39. The van der Waals surface area contributed by atoms with Crippen molar-refractivity contribution >= 4 is 23.5 Å². The number of amides is 1. The second-order valence-corrected chi connectivity index (χ2v) is 7.35. The second kappa shape index (κ2) is 8.18. The molecule has 1 unspecified atom stereocenters. The number of aryl methyl sites for hydroxylation is 1. The number of anilines is 1. The van der Waals surface area contributed by atoms with Crippen molar-refractivity contribution < 1.29 is 29.0 Å². The van der Waals surface area contributed by atoms with Crippen LogP contribution in [0.4, 0.5) is 5.82 Å². The molecule has 1 aliphatic rings. The summed E-state index contributed by atoms with van der Waals surface area (Å²) in [6.45, 7) is 1.77. The van der Waals surface area contributed by atoms with Gasteiger partial charge in [0.1, 0.15) is 5.82 Å². The van der Waals surface area contributed by atoms with Crippen LogP contribution in [0.1, 0.15) is 44.3 Å². The Morgan fingerprint density at radius 1 is 1.06 bits per heavy atom. The maximum atomic E-state index is 13.4. The molecule has 3 aromatic rings. The number of methoxy groups -OCH3 is 2. The number of ketones is 1. The van der Waals surface area contributed by atoms with E-state index in [2.05, 4.69) is 10.4 Å². The quantitative estimate of drug-likeness (QED) is 0.571. The number of carbonyl (C=O) groups is 3. The van der Waals surface area contributed by atoms with Gasteiger partial charge < -0.3 is 19.9 Å². The lowest BCUT2D eigenvalue weighted by Crippen LogP contribution is -2.28. The highest BCUT2D eigenvalue weighted by Gasteiger charge is 2.36. The van der Waals surface area contributed by atoms with E-state index in [9.17, 15) is 14.4 Å². The Bertz CT molecular complexity index is 1230. The zero-order valence-corrected chi connectivity index (χ0v) is 17.7. The lowest BCUT2D eigenvalue weighted by molar-refractivity contribution is -0.116. The van der Waals surface area contributed by atoms with Crippen LogP contribution in [0.5, 0.6) is 11.5 Å². The van der Waals surface area contributed by atoms with Gasteiger partial charge in [-0.25, -0.2) is 9.48 Å². The van der Waals surface area contributed by atoms with Crippen molar-refractivity contribution in [2.45, 2.75) is 19.3 Å². The molecule has 9 nitrogen and oxygen atoms in total. The molecule has 0 spiro atoms. The van der Waals surface area contributed by atoms with E-state index >= 15 is 0 Å². The molecule has 0 saturated heterocycles. The minimum atomic E-state index is -1.04. The lowest BCUT2D eigenvalue weighted by Gasteiger charge is -2.23. The van der Waals surface area contributed by atoms with Crippen molar-refractivity contribution in [2.24, 2.45) is 0 Å². The molecule has 32 heavy (non-hydrogen) atoms. The van der Waals surface area contributed by atoms with Crippen LogP contribution in [0.15, 0.2) is 42.5 Å². The topological polar surface area (TPSA) is 120 Å². The van der Waals surface area contributed by atoms with E-state index < -0.39 is 11.9 Å². The number of nitrogens with zero attached hydrogens (tertiary/aromatic N) is 2. The summed E-state index contributed by atoms with van der Waals surface area (Å²) < 4.78 is 12.1. The number of benzene rings is 2. The van der Waals surface area contributed by atoms with E-state index in [1.54, 1.807) is 37.3 Å². The van der Waals surface area contributed by atoms with E-state index in [4.69, 9.17) is 14.6 Å². The molecule has 2 N–H and O–H groups in total. The molecule has 4 rings (SSSR count). The van der Waals surface area contributed by atoms with Gasteiger partial charge in [0.05, 0.1) is 37.1 Å². The van der Waals surface area contributed by atoms with Gasteiger partial charge in [-0.3, -0.25) is 9.59 Å². The number of carboxylic acids is 1. The van der Waals surface area contributed by atoms with Crippen molar-refractivity contribution in [1.82, 2.24) is 9.78 Å². The number of hydrogen-bond donors (Lipinski definition) is 2. The molecule has 0 fully saturated rings. The van der Waals surface area contributed by atoms with E-state index in [0.29, 0.717) is 39.8 Å². The number of rotatable bonds is 6. The second-order valence-electron chi connectivity index (χ2n) is 7.35. The monoisotopic (exact) mass is 435 g/mol. The molecule has 164 valence electrons. The van der Waals surface area contributed by atoms with Crippen LogP contribution in [0.2, 0.25) is 0 Å². The van der Waals surface area contributed by atoms with E-state index in [1.807, 2.05) is 0 Å². The summed E-state index contributed by atoms with van der Waals surface area (Å²) in [5.74, 6) is -0.969. The van der Waals surface area contributed by atoms with Crippen LogP contribution in [0.3, 0.4) is 0 Å². The molecule has 0 saturated carbocycles. The SMILES string of the molecule is COc1ccc(C(=O)C2CC(=O)Nc3c2c(C)nn3-c2ccc(C(=O)O)cc2)cc1OC. The Morgan fingerprint density at radius 2 is 1.72 bits per heavy atom. The Kier molecular flexibility index (Phi) is 5.40. The Morgan fingerprint density at radius 3 is 2.34 bits per heavy atom. The van der Waals surface area contributed by atoms with Crippen molar-refractivity contribution in [3.63, 3.8) is 0 Å². The third kappa shape index (κ3) is 3.58. The Hall–Kier alpha value is -4.14. The first-order valence-corrected chi connectivity index (χ1v) is 9.83. The normalized spacial score (nSPS) is 15.0. The fourth-order valence-corrected chi connectivity index (χ4v) is 3.89.